The van der Waals surface area contributed by atoms with Crippen LogP contribution in [0.4, 0.5) is 0 Å². The van der Waals surface area contributed by atoms with E-state index in [1.54, 1.807) is 0 Å². The van der Waals surface area contributed by atoms with Crippen molar-refractivity contribution < 1.29 is 14.5 Å². The van der Waals surface area contributed by atoms with Crippen molar-refractivity contribution in [2.45, 2.75) is 6.00 Å². The lowest BCUT2D eigenvalue weighted by molar-refractivity contribution is -0.687. The van der Waals surface area contributed by atoms with E-state index >= 15 is 0 Å². The normalized spacial score (nSPS) is 9.55. The Hall–Kier alpha value is -1.23. The van der Waals surface area contributed by atoms with Gasteiger partial charge in [0.25, 0.3) is 6.33 Å². The number of hydrogen-bond donors (Lipinski definition) is 1. The summed E-state index contributed by atoms with van der Waals surface area (Å²) in [4.78, 5) is 17.5. The number of hydrogen-bond acceptors (Lipinski definition) is 3. The number of alkyl halides is 1. The Bertz CT molecular complexity index is 278. The molecular formula is C5H5ClN3O2+. The predicted octanol–water partition coefficient (Wildman–Crippen LogP) is -0.341. The highest BCUT2D eigenvalue weighted by Gasteiger charge is 2.16. The van der Waals surface area contributed by atoms with Gasteiger partial charge in [-0.2, -0.15) is 0 Å². The summed E-state index contributed by atoms with van der Waals surface area (Å²) in [5.41, 5.74) is 0. The summed E-state index contributed by atoms with van der Waals surface area (Å²) in [5.74, 6) is -1.23. The Kier molecular flexibility index (Phi) is 2.32. The first kappa shape index (κ1) is 7.87. The first-order chi connectivity index (χ1) is 5.25. The van der Waals surface area contributed by atoms with Crippen molar-refractivity contribution >= 4 is 17.6 Å². The summed E-state index contributed by atoms with van der Waals surface area (Å²) < 4.78 is 1.23. The van der Waals surface area contributed by atoms with E-state index in [1.165, 1.54) is 10.9 Å². The molecule has 0 fully saturated rings. The van der Waals surface area contributed by atoms with Crippen LogP contribution in [0.2, 0.25) is 0 Å². The minimum absolute atomic E-state index is 0.0302. The Morgan fingerprint density at radius 2 is 2.55 bits per heavy atom. The molecule has 6 heteroatoms. The molecule has 11 heavy (non-hydrogen) atoms. The van der Waals surface area contributed by atoms with Gasteiger partial charge in [0, 0.05) is 0 Å². The van der Waals surface area contributed by atoms with Crippen LogP contribution in [0.25, 0.3) is 0 Å². The second-order valence-corrected chi connectivity index (χ2v) is 1.97. The van der Waals surface area contributed by atoms with Crippen LogP contribution >= 0.6 is 11.6 Å². The van der Waals surface area contributed by atoms with Crippen molar-refractivity contribution in [3.05, 3.63) is 18.5 Å². The summed E-state index contributed by atoms with van der Waals surface area (Å²) in [5, 5.41) is 8.53. The van der Waals surface area contributed by atoms with E-state index < -0.39 is 5.97 Å². The smallest absolute Gasteiger partial charge is 0.406 e. The SMILES string of the molecule is O=C(O)c1ncnc[n+]1CCl. The summed E-state index contributed by atoms with van der Waals surface area (Å²) in [6.07, 6.45) is 2.47. The molecule has 0 atom stereocenters. The Balaban J connectivity index is 3.12. The van der Waals surface area contributed by atoms with Crippen LogP contribution in [-0.4, -0.2) is 21.0 Å². The van der Waals surface area contributed by atoms with Crippen molar-refractivity contribution in [3.8, 4) is 0 Å². The number of carboxylic acids is 1. The third-order valence-corrected chi connectivity index (χ3v) is 1.30. The number of carbonyl (C=O) groups is 1. The summed E-state index contributed by atoms with van der Waals surface area (Å²) in [6, 6.07) is 0.0302. The van der Waals surface area contributed by atoms with Gasteiger partial charge >= 0.3 is 11.8 Å². The van der Waals surface area contributed by atoms with Crippen molar-refractivity contribution in [2.75, 3.05) is 0 Å². The Morgan fingerprint density at radius 3 is 3.00 bits per heavy atom. The Labute approximate surface area is 67.3 Å². The van der Waals surface area contributed by atoms with Crippen molar-refractivity contribution in [1.82, 2.24) is 9.97 Å². The van der Waals surface area contributed by atoms with E-state index in [0.717, 1.165) is 6.33 Å². The Morgan fingerprint density at radius 1 is 1.82 bits per heavy atom. The zero-order valence-electron chi connectivity index (χ0n) is 5.44. The third-order valence-electron chi connectivity index (χ3n) is 1.04. The quantitative estimate of drug-likeness (QED) is 0.492. The molecule has 1 N–H and O–H groups in total. The maximum Gasteiger partial charge on any atom is 0.406 e. The van der Waals surface area contributed by atoms with E-state index in [1.807, 2.05) is 0 Å². The summed E-state index contributed by atoms with van der Waals surface area (Å²) in [7, 11) is 0. The van der Waals surface area contributed by atoms with Gasteiger partial charge in [0.05, 0.1) is 0 Å². The highest BCUT2D eigenvalue weighted by molar-refractivity contribution is 6.14. The van der Waals surface area contributed by atoms with Gasteiger partial charge in [0.15, 0.2) is 0 Å². The number of nitrogens with zero attached hydrogens (tertiary/aromatic N) is 3. The molecule has 0 aliphatic heterocycles. The number of carboxylic acid groups (broad SMARTS) is 1. The number of aromatic carboxylic acids is 1. The van der Waals surface area contributed by atoms with Gasteiger partial charge in [-0.1, -0.05) is 21.6 Å². The van der Waals surface area contributed by atoms with E-state index in [-0.39, 0.29) is 11.8 Å². The lowest BCUT2D eigenvalue weighted by atomic mass is 10.6. The topological polar surface area (TPSA) is 67.0 Å². The highest BCUT2D eigenvalue weighted by Crippen LogP contribution is 1.83. The first-order valence-corrected chi connectivity index (χ1v) is 3.28. The molecule has 0 bridgehead atoms. The largest absolute Gasteiger partial charge is 0.473 e. The molecule has 1 heterocycles. The van der Waals surface area contributed by atoms with Crippen LogP contribution in [0, 0.1) is 0 Å². The molecule has 0 radical (unpaired) electrons. The molecule has 0 aliphatic carbocycles. The van der Waals surface area contributed by atoms with Crippen LogP contribution in [0.5, 0.6) is 0 Å². The van der Waals surface area contributed by atoms with Crippen LogP contribution in [0.3, 0.4) is 0 Å². The van der Waals surface area contributed by atoms with Gasteiger partial charge in [-0.15, -0.1) is 0 Å². The van der Waals surface area contributed by atoms with Crippen molar-refractivity contribution in [2.24, 2.45) is 0 Å². The van der Waals surface area contributed by atoms with Crippen LogP contribution < -0.4 is 4.57 Å². The first-order valence-electron chi connectivity index (χ1n) is 2.74. The van der Waals surface area contributed by atoms with Crippen LogP contribution in [0.15, 0.2) is 12.7 Å². The second-order valence-electron chi connectivity index (χ2n) is 1.73. The average Bonchev–Trinajstić information content (AvgIpc) is 2.04. The summed E-state index contributed by atoms with van der Waals surface area (Å²) in [6.45, 7) is 0. The van der Waals surface area contributed by atoms with Crippen LogP contribution in [-0.2, 0) is 6.00 Å². The molecule has 5 nitrogen and oxygen atoms in total. The van der Waals surface area contributed by atoms with E-state index in [0.29, 0.717) is 0 Å². The standard InChI is InChI=1S/C5H4ClN3O2/c6-1-9-3-7-2-8-4(9)5(10)11/h2-3H,1H2/p+1. The lowest BCUT2D eigenvalue weighted by Gasteiger charge is -1.93. The van der Waals surface area contributed by atoms with E-state index in [9.17, 15) is 4.79 Å². The lowest BCUT2D eigenvalue weighted by Crippen LogP contribution is -2.40. The van der Waals surface area contributed by atoms with Gasteiger partial charge < -0.3 is 5.11 Å². The maximum atomic E-state index is 10.4. The minimum Gasteiger partial charge on any atom is -0.473 e. The predicted molar refractivity (Wildman–Crippen MR) is 35.0 cm³/mol. The molecule has 0 aliphatic rings. The van der Waals surface area contributed by atoms with Gasteiger partial charge in [0.1, 0.15) is 6.00 Å². The number of aromatic nitrogens is 3. The highest BCUT2D eigenvalue weighted by atomic mass is 35.5. The van der Waals surface area contributed by atoms with Gasteiger partial charge in [-0.25, -0.2) is 9.36 Å². The summed E-state index contributed by atoms with van der Waals surface area (Å²) >= 11 is 5.40. The molecule has 1 aromatic heterocycles. The monoisotopic (exact) mass is 174 g/mol. The molecule has 0 aromatic carbocycles. The van der Waals surface area contributed by atoms with Crippen molar-refractivity contribution in [1.29, 1.82) is 0 Å². The number of rotatable bonds is 2. The third kappa shape index (κ3) is 1.62. The molecule has 0 saturated carbocycles. The fourth-order valence-corrected chi connectivity index (χ4v) is 0.768. The molecule has 0 unspecified atom stereocenters. The molecule has 0 amide bonds. The number of halogens is 1. The molecule has 0 spiro atoms. The zero-order valence-corrected chi connectivity index (χ0v) is 6.19. The van der Waals surface area contributed by atoms with E-state index in [2.05, 4.69) is 9.97 Å². The zero-order chi connectivity index (χ0) is 8.27. The fourth-order valence-electron chi connectivity index (χ4n) is 0.593. The molecule has 1 aromatic rings. The maximum absolute atomic E-state index is 10.4. The fraction of sp³-hybridized carbons (Fsp3) is 0.200. The van der Waals surface area contributed by atoms with Crippen molar-refractivity contribution in [3.63, 3.8) is 0 Å². The molecule has 0 saturated heterocycles. The van der Waals surface area contributed by atoms with Gasteiger partial charge in [-0.05, 0) is 0 Å². The average molecular weight is 175 g/mol. The van der Waals surface area contributed by atoms with Crippen LogP contribution in [0.1, 0.15) is 10.6 Å². The van der Waals surface area contributed by atoms with E-state index in [4.69, 9.17) is 16.7 Å². The van der Waals surface area contributed by atoms with Gasteiger partial charge in [-0.3, -0.25) is 0 Å². The minimum atomic E-state index is -1.12. The molecule has 58 valence electrons. The molecular weight excluding hydrogens is 170 g/mol. The van der Waals surface area contributed by atoms with Gasteiger partial charge in [0.2, 0.25) is 6.33 Å². The second kappa shape index (κ2) is 3.25. The molecule has 1 rings (SSSR count).